The van der Waals surface area contributed by atoms with Gasteiger partial charge in [0, 0.05) is 38.3 Å². The van der Waals surface area contributed by atoms with E-state index in [2.05, 4.69) is 32.0 Å². The van der Waals surface area contributed by atoms with Crippen molar-refractivity contribution in [1.82, 2.24) is 14.9 Å². The second kappa shape index (κ2) is 7.90. The van der Waals surface area contributed by atoms with Crippen LogP contribution in [-0.2, 0) is 4.74 Å². The molecule has 0 amide bonds. The van der Waals surface area contributed by atoms with E-state index in [1.807, 2.05) is 6.07 Å². The molecule has 2 fully saturated rings. The lowest BCUT2D eigenvalue weighted by Gasteiger charge is -2.33. The maximum absolute atomic E-state index is 9.46. The number of aromatic nitrogens is 2. The number of nitrogens with zero attached hydrogens (tertiary/aromatic N) is 4. The Morgan fingerprint density at radius 2 is 2.30 bits per heavy atom. The third-order valence-corrected chi connectivity index (χ3v) is 4.75. The van der Waals surface area contributed by atoms with Crippen molar-refractivity contribution >= 4 is 11.6 Å². The molecule has 128 valence electrons. The van der Waals surface area contributed by atoms with Crippen molar-refractivity contribution < 1.29 is 9.84 Å². The summed E-state index contributed by atoms with van der Waals surface area (Å²) in [4.78, 5) is 13.3. The van der Waals surface area contributed by atoms with E-state index in [1.54, 1.807) is 6.33 Å². The summed E-state index contributed by atoms with van der Waals surface area (Å²) in [5, 5.41) is 12.8. The molecule has 2 unspecified atom stereocenters. The maximum Gasteiger partial charge on any atom is 0.134 e. The molecule has 2 saturated heterocycles. The van der Waals surface area contributed by atoms with Crippen LogP contribution in [0.5, 0.6) is 0 Å². The Labute approximate surface area is 137 Å². The van der Waals surface area contributed by atoms with Crippen LogP contribution < -0.4 is 10.2 Å². The van der Waals surface area contributed by atoms with Crippen LogP contribution in [0.1, 0.15) is 19.8 Å². The van der Waals surface area contributed by atoms with Gasteiger partial charge in [-0.2, -0.15) is 0 Å². The lowest BCUT2D eigenvalue weighted by molar-refractivity contribution is 0.00181. The minimum atomic E-state index is 0.182. The average Bonchev–Trinajstić information content (AvgIpc) is 3.06. The van der Waals surface area contributed by atoms with Crippen molar-refractivity contribution in [3.8, 4) is 0 Å². The van der Waals surface area contributed by atoms with Crippen molar-refractivity contribution in [1.29, 1.82) is 0 Å². The van der Waals surface area contributed by atoms with Gasteiger partial charge in [-0.15, -0.1) is 0 Å². The van der Waals surface area contributed by atoms with Gasteiger partial charge in [0.1, 0.15) is 18.0 Å². The number of aliphatic hydroxyl groups excluding tert-OH is 1. The smallest absolute Gasteiger partial charge is 0.134 e. The molecule has 0 radical (unpaired) electrons. The number of aliphatic hydroxyl groups is 1. The van der Waals surface area contributed by atoms with Crippen LogP contribution in [0, 0.1) is 0 Å². The van der Waals surface area contributed by atoms with Crippen LogP contribution in [0.2, 0.25) is 0 Å². The molecule has 0 aliphatic carbocycles. The molecule has 0 saturated carbocycles. The van der Waals surface area contributed by atoms with Crippen molar-refractivity contribution in [2.75, 3.05) is 56.2 Å². The summed E-state index contributed by atoms with van der Waals surface area (Å²) in [7, 11) is 0. The summed E-state index contributed by atoms with van der Waals surface area (Å²) < 4.78 is 5.46. The molecule has 0 aromatic carbocycles. The standard InChI is InChI=1S/C16H27N5O2/c1-13-11-23-8-7-20(13)6-4-17-15-9-16(19-12-18-15)21-5-2-3-14(21)10-22/h9,12-14,22H,2-8,10-11H2,1H3,(H,17,18,19). The SMILES string of the molecule is CC1COCCN1CCNc1cc(N2CCCC2CO)ncn1. The lowest BCUT2D eigenvalue weighted by Crippen LogP contribution is -2.45. The Kier molecular flexibility index (Phi) is 5.64. The highest BCUT2D eigenvalue weighted by molar-refractivity contribution is 5.49. The summed E-state index contributed by atoms with van der Waals surface area (Å²) in [5.41, 5.74) is 0. The van der Waals surface area contributed by atoms with Gasteiger partial charge in [0.15, 0.2) is 0 Å². The van der Waals surface area contributed by atoms with Gasteiger partial charge in [0.2, 0.25) is 0 Å². The number of hydrogen-bond acceptors (Lipinski definition) is 7. The first-order chi connectivity index (χ1) is 11.3. The summed E-state index contributed by atoms with van der Waals surface area (Å²) in [6.07, 6.45) is 3.73. The van der Waals surface area contributed by atoms with E-state index < -0.39 is 0 Å². The zero-order valence-electron chi connectivity index (χ0n) is 13.8. The van der Waals surface area contributed by atoms with Gasteiger partial charge < -0.3 is 20.1 Å². The number of anilines is 2. The molecule has 2 aliphatic rings. The van der Waals surface area contributed by atoms with Crippen LogP contribution in [0.15, 0.2) is 12.4 Å². The summed E-state index contributed by atoms with van der Waals surface area (Å²) in [6, 6.07) is 2.64. The van der Waals surface area contributed by atoms with Crippen LogP contribution in [-0.4, -0.2) is 78.1 Å². The van der Waals surface area contributed by atoms with E-state index in [9.17, 15) is 5.11 Å². The largest absolute Gasteiger partial charge is 0.394 e. The monoisotopic (exact) mass is 321 g/mol. The first kappa shape index (κ1) is 16.4. The first-order valence-electron chi connectivity index (χ1n) is 8.53. The van der Waals surface area contributed by atoms with Gasteiger partial charge in [0.05, 0.1) is 25.9 Å². The zero-order valence-corrected chi connectivity index (χ0v) is 13.8. The van der Waals surface area contributed by atoms with Gasteiger partial charge in [-0.1, -0.05) is 0 Å². The Balaban J connectivity index is 1.53. The van der Waals surface area contributed by atoms with E-state index in [4.69, 9.17) is 4.74 Å². The average molecular weight is 321 g/mol. The molecular weight excluding hydrogens is 294 g/mol. The highest BCUT2D eigenvalue weighted by Crippen LogP contribution is 2.24. The third-order valence-electron chi connectivity index (χ3n) is 4.75. The van der Waals surface area contributed by atoms with E-state index in [0.717, 1.165) is 63.9 Å². The molecule has 0 spiro atoms. The third kappa shape index (κ3) is 4.10. The predicted molar refractivity (Wildman–Crippen MR) is 89.8 cm³/mol. The second-order valence-electron chi connectivity index (χ2n) is 6.32. The zero-order chi connectivity index (χ0) is 16.1. The number of ether oxygens (including phenoxy) is 1. The molecule has 7 nitrogen and oxygen atoms in total. The fraction of sp³-hybridized carbons (Fsp3) is 0.750. The van der Waals surface area contributed by atoms with Crippen molar-refractivity contribution in [3.63, 3.8) is 0 Å². The summed E-state index contributed by atoms with van der Waals surface area (Å²) >= 11 is 0. The van der Waals surface area contributed by atoms with E-state index in [0.29, 0.717) is 6.04 Å². The van der Waals surface area contributed by atoms with Crippen LogP contribution in [0.4, 0.5) is 11.6 Å². The van der Waals surface area contributed by atoms with Crippen molar-refractivity contribution in [2.24, 2.45) is 0 Å². The molecule has 7 heteroatoms. The summed E-state index contributed by atoms with van der Waals surface area (Å²) in [5.74, 6) is 1.75. The number of rotatable bonds is 6. The van der Waals surface area contributed by atoms with Gasteiger partial charge in [-0.05, 0) is 19.8 Å². The second-order valence-corrected chi connectivity index (χ2v) is 6.32. The summed E-state index contributed by atoms with van der Waals surface area (Å²) in [6.45, 7) is 7.79. The first-order valence-corrected chi connectivity index (χ1v) is 8.53. The topological polar surface area (TPSA) is 73.8 Å². The quantitative estimate of drug-likeness (QED) is 0.793. The fourth-order valence-corrected chi connectivity index (χ4v) is 3.35. The van der Waals surface area contributed by atoms with Crippen LogP contribution in [0.3, 0.4) is 0 Å². The van der Waals surface area contributed by atoms with Crippen molar-refractivity contribution in [2.45, 2.75) is 31.8 Å². The van der Waals surface area contributed by atoms with E-state index in [-0.39, 0.29) is 12.6 Å². The predicted octanol–water partition coefficient (Wildman–Crippen LogP) is 0.570. The molecular formula is C16H27N5O2. The Morgan fingerprint density at radius 1 is 1.39 bits per heavy atom. The van der Waals surface area contributed by atoms with Crippen LogP contribution in [0.25, 0.3) is 0 Å². The highest BCUT2D eigenvalue weighted by atomic mass is 16.5. The fourth-order valence-electron chi connectivity index (χ4n) is 3.35. The normalized spacial score (nSPS) is 25.7. The Bertz CT molecular complexity index is 501. The molecule has 3 heterocycles. The molecule has 0 bridgehead atoms. The molecule has 2 N–H and O–H groups in total. The maximum atomic E-state index is 9.46. The molecule has 2 atom stereocenters. The number of morpholine rings is 1. The van der Waals surface area contributed by atoms with Gasteiger partial charge in [-0.3, -0.25) is 4.90 Å². The van der Waals surface area contributed by atoms with E-state index >= 15 is 0 Å². The minimum absolute atomic E-state index is 0.182. The lowest BCUT2D eigenvalue weighted by atomic mass is 10.2. The van der Waals surface area contributed by atoms with E-state index in [1.165, 1.54) is 0 Å². The molecule has 3 rings (SSSR count). The van der Waals surface area contributed by atoms with Gasteiger partial charge >= 0.3 is 0 Å². The van der Waals surface area contributed by atoms with Gasteiger partial charge in [0.25, 0.3) is 0 Å². The number of nitrogens with one attached hydrogen (secondary N) is 1. The van der Waals surface area contributed by atoms with Crippen LogP contribution >= 0.6 is 0 Å². The Hall–Kier alpha value is -1.44. The molecule has 2 aliphatic heterocycles. The molecule has 1 aromatic heterocycles. The molecule has 23 heavy (non-hydrogen) atoms. The van der Waals surface area contributed by atoms with Crippen molar-refractivity contribution in [3.05, 3.63) is 12.4 Å². The Morgan fingerprint density at radius 3 is 3.13 bits per heavy atom. The number of hydrogen-bond donors (Lipinski definition) is 2. The van der Waals surface area contributed by atoms with Gasteiger partial charge in [-0.25, -0.2) is 9.97 Å². The molecule has 1 aromatic rings. The minimum Gasteiger partial charge on any atom is -0.394 e. The highest BCUT2D eigenvalue weighted by Gasteiger charge is 2.25.